The molecule has 0 amide bonds. The van der Waals surface area contributed by atoms with Crippen molar-refractivity contribution >= 4 is 0 Å². The molecule has 2 heterocycles. The molecule has 1 unspecified atom stereocenters. The van der Waals surface area contributed by atoms with E-state index in [-0.39, 0.29) is 5.54 Å². The zero-order valence-corrected chi connectivity index (χ0v) is 8.44. The van der Waals surface area contributed by atoms with Crippen LogP contribution in [0.3, 0.4) is 0 Å². The second-order valence-electron chi connectivity index (χ2n) is 4.54. The summed E-state index contributed by atoms with van der Waals surface area (Å²) < 4.78 is 5.39. The number of rotatable bonds is 3. The van der Waals surface area contributed by atoms with E-state index in [4.69, 9.17) is 4.74 Å². The normalized spacial score (nSPS) is 39.9. The largest absolute Gasteiger partial charge is 0.379 e. The predicted molar refractivity (Wildman–Crippen MR) is 52.9 cm³/mol. The highest BCUT2D eigenvalue weighted by atomic mass is 16.5. The molecule has 76 valence electrons. The van der Waals surface area contributed by atoms with E-state index in [0.717, 1.165) is 26.2 Å². The summed E-state index contributed by atoms with van der Waals surface area (Å²) in [4.78, 5) is 0. The maximum Gasteiger partial charge on any atom is 0.0646 e. The van der Waals surface area contributed by atoms with Gasteiger partial charge in [0.05, 0.1) is 6.61 Å². The molecule has 2 aliphatic rings. The molecule has 2 saturated heterocycles. The fourth-order valence-electron chi connectivity index (χ4n) is 2.11. The lowest BCUT2D eigenvalue weighted by molar-refractivity contribution is 0.171. The summed E-state index contributed by atoms with van der Waals surface area (Å²) in [5.41, 5.74) is 0.240. The third-order valence-electron chi connectivity index (χ3n) is 3.16. The Balaban J connectivity index is 1.71. The highest BCUT2D eigenvalue weighted by Crippen LogP contribution is 2.17. The van der Waals surface area contributed by atoms with Crippen LogP contribution in [-0.2, 0) is 4.74 Å². The fourth-order valence-corrected chi connectivity index (χ4v) is 2.11. The molecule has 0 aliphatic carbocycles. The molecule has 0 aromatic rings. The predicted octanol–water partition coefficient (Wildman–Crippen LogP) is 0.507. The van der Waals surface area contributed by atoms with Crippen molar-refractivity contribution in [3.05, 3.63) is 0 Å². The van der Waals surface area contributed by atoms with E-state index in [0.29, 0.717) is 6.04 Å². The van der Waals surface area contributed by atoms with E-state index >= 15 is 0 Å². The molecule has 0 aromatic heterocycles. The first-order valence-corrected chi connectivity index (χ1v) is 5.35. The summed E-state index contributed by atoms with van der Waals surface area (Å²) in [7, 11) is 0. The van der Waals surface area contributed by atoms with E-state index in [9.17, 15) is 0 Å². The third kappa shape index (κ3) is 2.42. The van der Waals surface area contributed by atoms with Gasteiger partial charge in [0.2, 0.25) is 0 Å². The molecule has 0 bridgehead atoms. The Morgan fingerprint density at radius 1 is 1.62 bits per heavy atom. The van der Waals surface area contributed by atoms with Crippen molar-refractivity contribution in [2.75, 3.05) is 26.3 Å². The Labute approximate surface area is 80.2 Å². The van der Waals surface area contributed by atoms with Gasteiger partial charge < -0.3 is 15.4 Å². The quantitative estimate of drug-likeness (QED) is 0.670. The van der Waals surface area contributed by atoms with Crippen LogP contribution >= 0.6 is 0 Å². The Kier molecular flexibility index (Phi) is 2.86. The summed E-state index contributed by atoms with van der Waals surface area (Å²) in [6, 6.07) is 0.692. The number of nitrogens with one attached hydrogen (secondary N) is 2. The molecule has 2 aliphatic heterocycles. The number of ether oxygens (including phenoxy) is 1. The average Bonchev–Trinajstić information content (AvgIpc) is 2.72. The summed E-state index contributed by atoms with van der Waals surface area (Å²) in [5.74, 6) is 0. The summed E-state index contributed by atoms with van der Waals surface area (Å²) in [6.07, 6.45) is 3.81. The summed E-state index contributed by atoms with van der Waals surface area (Å²) in [6.45, 7) is 6.34. The average molecular weight is 184 g/mol. The van der Waals surface area contributed by atoms with Crippen LogP contribution in [0.25, 0.3) is 0 Å². The van der Waals surface area contributed by atoms with Crippen LogP contribution < -0.4 is 10.6 Å². The Morgan fingerprint density at radius 3 is 3.15 bits per heavy atom. The Hall–Kier alpha value is -0.120. The Morgan fingerprint density at radius 2 is 2.54 bits per heavy atom. The molecule has 0 aromatic carbocycles. The van der Waals surface area contributed by atoms with Crippen LogP contribution in [0, 0.1) is 0 Å². The summed E-state index contributed by atoms with van der Waals surface area (Å²) in [5, 5.41) is 7.11. The van der Waals surface area contributed by atoms with E-state index in [1.807, 2.05) is 0 Å². The molecule has 2 atom stereocenters. The van der Waals surface area contributed by atoms with Gasteiger partial charge in [-0.1, -0.05) is 0 Å². The van der Waals surface area contributed by atoms with Crippen molar-refractivity contribution < 1.29 is 4.74 Å². The fraction of sp³-hybridized carbons (Fsp3) is 1.00. The van der Waals surface area contributed by atoms with Gasteiger partial charge in [-0.05, 0) is 32.7 Å². The van der Waals surface area contributed by atoms with Gasteiger partial charge in [-0.25, -0.2) is 0 Å². The monoisotopic (exact) mass is 184 g/mol. The Bertz CT molecular complexity index is 160. The second kappa shape index (κ2) is 3.95. The van der Waals surface area contributed by atoms with Crippen molar-refractivity contribution in [1.29, 1.82) is 0 Å². The van der Waals surface area contributed by atoms with Crippen LogP contribution in [0.5, 0.6) is 0 Å². The summed E-state index contributed by atoms with van der Waals surface area (Å²) >= 11 is 0. The highest BCUT2D eigenvalue weighted by Gasteiger charge is 2.29. The van der Waals surface area contributed by atoms with Crippen LogP contribution in [0.4, 0.5) is 0 Å². The van der Waals surface area contributed by atoms with E-state index in [1.54, 1.807) is 0 Å². The standard InChI is InChI=1S/C10H20N2O/c1-10(4-6-13-8-10)12-7-9-3-2-5-11-9/h9,11-12H,2-8H2,1H3/t9-,10?/m0/s1. The molecule has 2 N–H and O–H groups in total. The maximum atomic E-state index is 5.39. The van der Waals surface area contributed by atoms with Crippen molar-refractivity contribution in [2.45, 2.75) is 37.8 Å². The lowest BCUT2D eigenvalue weighted by Crippen LogP contribution is -2.48. The SMILES string of the molecule is CC1(NC[C@@H]2CCCN2)CCOC1. The zero-order chi connectivity index (χ0) is 9.15. The molecule has 0 radical (unpaired) electrons. The van der Waals surface area contributed by atoms with Crippen LogP contribution in [0.2, 0.25) is 0 Å². The molecule has 3 nitrogen and oxygen atoms in total. The van der Waals surface area contributed by atoms with E-state index < -0.39 is 0 Å². The first-order valence-electron chi connectivity index (χ1n) is 5.35. The van der Waals surface area contributed by atoms with Gasteiger partial charge in [0.25, 0.3) is 0 Å². The molecule has 3 heteroatoms. The van der Waals surface area contributed by atoms with Crippen LogP contribution in [-0.4, -0.2) is 37.9 Å². The van der Waals surface area contributed by atoms with Crippen LogP contribution in [0.1, 0.15) is 26.2 Å². The van der Waals surface area contributed by atoms with Crippen molar-refractivity contribution in [1.82, 2.24) is 10.6 Å². The number of hydrogen-bond donors (Lipinski definition) is 2. The minimum Gasteiger partial charge on any atom is -0.379 e. The number of hydrogen-bond acceptors (Lipinski definition) is 3. The third-order valence-corrected chi connectivity index (χ3v) is 3.16. The lowest BCUT2D eigenvalue weighted by atomic mass is 10.0. The van der Waals surface area contributed by atoms with Crippen molar-refractivity contribution in [2.24, 2.45) is 0 Å². The topological polar surface area (TPSA) is 33.3 Å². The first-order chi connectivity index (χ1) is 6.29. The highest BCUT2D eigenvalue weighted by molar-refractivity contribution is 4.89. The zero-order valence-electron chi connectivity index (χ0n) is 8.44. The molecular weight excluding hydrogens is 164 g/mol. The van der Waals surface area contributed by atoms with Gasteiger partial charge in [-0.2, -0.15) is 0 Å². The first kappa shape index (κ1) is 9.44. The van der Waals surface area contributed by atoms with Gasteiger partial charge in [-0.3, -0.25) is 0 Å². The molecule has 0 saturated carbocycles. The van der Waals surface area contributed by atoms with Gasteiger partial charge >= 0.3 is 0 Å². The second-order valence-corrected chi connectivity index (χ2v) is 4.54. The minimum absolute atomic E-state index is 0.240. The van der Waals surface area contributed by atoms with Crippen molar-refractivity contribution in [3.8, 4) is 0 Å². The van der Waals surface area contributed by atoms with Gasteiger partial charge in [0.1, 0.15) is 0 Å². The van der Waals surface area contributed by atoms with Gasteiger partial charge in [0, 0.05) is 24.7 Å². The molecule has 0 spiro atoms. The maximum absolute atomic E-state index is 5.39. The van der Waals surface area contributed by atoms with Crippen LogP contribution in [0.15, 0.2) is 0 Å². The molecule has 13 heavy (non-hydrogen) atoms. The van der Waals surface area contributed by atoms with Gasteiger partial charge in [0.15, 0.2) is 0 Å². The molecular formula is C10H20N2O. The van der Waals surface area contributed by atoms with Gasteiger partial charge in [-0.15, -0.1) is 0 Å². The lowest BCUT2D eigenvalue weighted by Gasteiger charge is -2.25. The molecule has 2 fully saturated rings. The smallest absolute Gasteiger partial charge is 0.0646 e. The minimum atomic E-state index is 0.240. The van der Waals surface area contributed by atoms with E-state index in [1.165, 1.54) is 19.4 Å². The van der Waals surface area contributed by atoms with E-state index in [2.05, 4.69) is 17.6 Å². The van der Waals surface area contributed by atoms with Crippen molar-refractivity contribution in [3.63, 3.8) is 0 Å². The molecule has 2 rings (SSSR count).